The van der Waals surface area contributed by atoms with Crippen LogP contribution in [0.1, 0.15) is 24.8 Å². The molecule has 0 saturated carbocycles. The van der Waals surface area contributed by atoms with Crippen molar-refractivity contribution in [3.63, 3.8) is 0 Å². The lowest BCUT2D eigenvalue weighted by atomic mass is 10.2. The Balaban J connectivity index is 1.74. The number of ether oxygens (including phenoxy) is 2. The minimum atomic E-state index is 0.211. The van der Waals surface area contributed by atoms with E-state index in [2.05, 4.69) is 27.1 Å². The third kappa shape index (κ3) is 3.26. The Kier molecular flexibility index (Phi) is 4.65. The van der Waals surface area contributed by atoms with Gasteiger partial charge in [0.2, 0.25) is 11.7 Å². The van der Waals surface area contributed by atoms with Gasteiger partial charge >= 0.3 is 0 Å². The second-order valence-electron chi connectivity index (χ2n) is 5.31. The molecule has 1 atom stereocenters. The molecule has 7 heteroatoms. The number of hydrogen-bond donors (Lipinski definition) is 0. The predicted molar refractivity (Wildman–Crippen MR) is 79.5 cm³/mol. The van der Waals surface area contributed by atoms with Gasteiger partial charge in [-0.2, -0.15) is 4.98 Å². The summed E-state index contributed by atoms with van der Waals surface area (Å²) < 4.78 is 15.9. The lowest BCUT2D eigenvalue weighted by Gasteiger charge is -2.14. The number of methoxy groups -OCH3 is 1. The van der Waals surface area contributed by atoms with E-state index in [-0.39, 0.29) is 6.04 Å². The highest BCUT2D eigenvalue weighted by atomic mass is 16.5. The molecule has 0 spiro atoms. The van der Waals surface area contributed by atoms with Crippen molar-refractivity contribution in [3.8, 4) is 17.3 Å². The summed E-state index contributed by atoms with van der Waals surface area (Å²) in [5.74, 6) is 1.86. The van der Waals surface area contributed by atoms with E-state index in [9.17, 15) is 0 Å². The summed E-state index contributed by atoms with van der Waals surface area (Å²) in [6.45, 7) is 2.09. The summed E-state index contributed by atoms with van der Waals surface area (Å²) in [4.78, 5) is 11.0. The summed E-state index contributed by atoms with van der Waals surface area (Å²) in [6.07, 6.45) is 3.88. The van der Waals surface area contributed by atoms with E-state index < -0.39 is 0 Å². The van der Waals surface area contributed by atoms with E-state index in [1.54, 1.807) is 19.4 Å². The number of aromatic nitrogens is 3. The fourth-order valence-electron chi connectivity index (χ4n) is 2.56. The van der Waals surface area contributed by atoms with E-state index in [4.69, 9.17) is 14.0 Å². The fourth-order valence-corrected chi connectivity index (χ4v) is 2.56. The van der Waals surface area contributed by atoms with Gasteiger partial charge in [-0.1, -0.05) is 5.16 Å². The smallest absolute Gasteiger partial charge is 0.244 e. The molecule has 7 nitrogen and oxygen atoms in total. The first-order valence-electron chi connectivity index (χ1n) is 7.40. The Hall–Kier alpha value is -1.99. The summed E-state index contributed by atoms with van der Waals surface area (Å²) >= 11 is 0. The molecule has 1 aliphatic rings. The van der Waals surface area contributed by atoms with E-state index in [1.807, 2.05) is 6.07 Å². The highest BCUT2D eigenvalue weighted by molar-refractivity contribution is 5.50. The monoisotopic (exact) mass is 304 g/mol. The van der Waals surface area contributed by atoms with E-state index >= 15 is 0 Å². The van der Waals surface area contributed by atoms with Gasteiger partial charge in [0.1, 0.15) is 18.1 Å². The van der Waals surface area contributed by atoms with E-state index in [1.165, 1.54) is 0 Å². The Morgan fingerprint density at radius 1 is 1.41 bits per heavy atom. The van der Waals surface area contributed by atoms with Gasteiger partial charge in [-0.05, 0) is 32.5 Å². The van der Waals surface area contributed by atoms with Crippen molar-refractivity contribution in [2.75, 3.05) is 33.9 Å². The molecule has 1 saturated heterocycles. The van der Waals surface area contributed by atoms with Gasteiger partial charge in [0.15, 0.2) is 0 Å². The summed E-state index contributed by atoms with van der Waals surface area (Å²) in [6, 6.07) is 3.82. The maximum atomic E-state index is 5.57. The van der Waals surface area contributed by atoms with Crippen LogP contribution in [0.2, 0.25) is 0 Å². The molecule has 22 heavy (non-hydrogen) atoms. The zero-order valence-electron chi connectivity index (χ0n) is 12.9. The number of pyridine rings is 1. The Morgan fingerprint density at radius 3 is 3.09 bits per heavy atom. The van der Waals surface area contributed by atoms with Gasteiger partial charge in [0.05, 0.1) is 12.6 Å². The van der Waals surface area contributed by atoms with Crippen LogP contribution >= 0.6 is 0 Å². The van der Waals surface area contributed by atoms with Crippen LogP contribution in [0.5, 0.6) is 5.75 Å². The summed E-state index contributed by atoms with van der Waals surface area (Å²) in [7, 11) is 3.71. The van der Waals surface area contributed by atoms with Crippen molar-refractivity contribution >= 4 is 0 Å². The molecular weight excluding hydrogens is 284 g/mol. The van der Waals surface area contributed by atoms with Crippen molar-refractivity contribution in [1.82, 2.24) is 20.0 Å². The number of hydrogen-bond acceptors (Lipinski definition) is 7. The van der Waals surface area contributed by atoms with E-state index in [0.29, 0.717) is 36.4 Å². The molecule has 1 unspecified atom stereocenters. The summed E-state index contributed by atoms with van der Waals surface area (Å²) in [5.41, 5.74) is 0.644. The minimum Gasteiger partial charge on any atom is -0.491 e. The maximum absolute atomic E-state index is 5.57. The van der Waals surface area contributed by atoms with Crippen LogP contribution in [-0.4, -0.2) is 53.9 Å². The molecule has 1 fully saturated rings. The largest absolute Gasteiger partial charge is 0.491 e. The molecule has 0 aliphatic carbocycles. The standard InChI is InChI=1S/C15H20N4O3/c1-19-7-3-4-13(19)15-17-14(18-22-15)12-10-11(5-6-16-12)21-9-8-20-2/h5-6,10,13H,3-4,7-9H2,1-2H3. The Bertz CT molecular complexity index is 616. The minimum absolute atomic E-state index is 0.211. The first-order valence-corrected chi connectivity index (χ1v) is 7.40. The molecule has 3 heterocycles. The van der Waals surface area contributed by atoms with E-state index in [0.717, 1.165) is 19.4 Å². The quantitative estimate of drug-likeness (QED) is 0.755. The normalized spacial score (nSPS) is 18.7. The molecule has 1 aliphatic heterocycles. The Labute approximate surface area is 129 Å². The van der Waals surface area contributed by atoms with Crippen LogP contribution < -0.4 is 4.74 Å². The van der Waals surface area contributed by atoms with Crippen LogP contribution in [-0.2, 0) is 4.74 Å². The zero-order chi connectivity index (χ0) is 15.4. The average Bonchev–Trinajstić information content (AvgIpc) is 3.16. The van der Waals surface area contributed by atoms with Crippen LogP contribution in [0.3, 0.4) is 0 Å². The van der Waals surface area contributed by atoms with Crippen molar-refractivity contribution in [1.29, 1.82) is 0 Å². The van der Waals surface area contributed by atoms with Crippen molar-refractivity contribution < 1.29 is 14.0 Å². The molecule has 118 valence electrons. The van der Waals surface area contributed by atoms with Crippen LogP contribution in [0, 0.1) is 0 Å². The SMILES string of the molecule is COCCOc1ccnc(-c2noc(C3CCCN3C)n2)c1. The summed E-state index contributed by atoms with van der Waals surface area (Å²) in [5, 5.41) is 4.05. The zero-order valence-corrected chi connectivity index (χ0v) is 12.9. The number of likely N-dealkylation sites (tertiary alicyclic amines) is 1. The molecular formula is C15H20N4O3. The Morgan fingerprint density at radius 2 is 2.32 bits per heavy atom. The molecule has 2 aromatic rings. The first-order chi connectivity index (χ1) is 10.8. The van der Waals surface area contributed by atoms with Crippen LogP contribution in [0.4, 0.5) is 0 Å². The topological polar surface area (TPSA) is 73.5 Å². The lowest BCUT2D eigenvalue weighted by Crippen LogP contribution is -2.17. The molecule has 3 rings (SSSR count). The van der Waals surface area contributed by atoms with Gasteiger partial charge in [-0.3, -0.25) is 9.88 Å². The highest BCUT2D eigenvalue weighted by Gasteiger charge is 2.28. The number of rotatable bonds is 6. The average molecular weight is 304 g/mol. The van der Waals surface area contributed by atoms with Crippen LogP contribution in [0.15, 0.2) is 22.9 Å². The second kappa shape index (κ2) is 6.85. The molecule has 0 bridgehead atoms. The first kappa shape index (κ1) is 14.9. The van der Waals surface area contributed by atoms with Crippen molar-refractivity contribution in [2.24, 2.45) is 0 Å². The van der Waals surface area contributed by atoms with Crippen molar-refractivity contribution in [2.45, 2.75) is 18.9 Å². The van der Waals surface area contributed by atoms with Gasteiger partial charge in [0, 0.05) is 19.4 Å². The highest BCUT2D eigenvalue weighted by Crippen LogP contribution is 2.30. The van der Waals surface area contributed by atoms with Gasteiger partial charge in [-0.15, -0.1) is 0 Å². The maximum Gasteiger partial charge on any atom is 0.244 e. The lowest BCUT2D eigenvalue weighted by molar-refractivity contribution is 0.146. The van der Waals surface area contributed by atoms with Gasteiger partial charge < -0.3 is 14.0 Å². The second-order valence-corrected chi connectivity index (χ2v) is 5.31. The number of nitrogens with zero attached hydrogens (tertiary/aromatic N) is 4. The molecule has 0 N–H and O–H groups in total. The predicted octanol–water partition coefficient (Wildman–Crippen LogP) is 1.92. The van der Waals surface area contributed by atoms with Gasteiger partial charge in [-0.25, -0.2) is 0 Å². The van der Waals surface area contributed by atoms with Crippen molar-refractivity contribution in [3.05, 3.63) is 24.2 Å². The third-order valence-corrected chi connectivity index (χ3v) is 3.76. The fraction of sp³-hybridized carbons (Fsp3) is 0.533. The van der Waals surface area contributed by atoms with Gasteiger partial charge in [0.25, 0.3) is 0 Å². The van der Waals surface area contributed by atoms with Crippen LogP contribution in [0.25, 0.3) is 11.5 Å². The molecule has 0 aromatic carbocycles. The third-order valence-electron chi connectivity index (χ3n) is 3.76. The molecule has 0 radical (unpaired) electrons. The molecule has 0 amide bonds. The molecule has 2 aromatic heterocycles.